The van der Waals surface area contributed by atoms with E-state index < -0.39 is 22.1 Å². The maximum Gasteiger partial charge on any atom is 0.329 e. The van der Waals surface area contributed by atoms with Gasteiger partial charge in [-0.1, -0.05) is 60.7 Å². The Kier molecular flexibility index (Phi) is 7.93. The lowest BCUT2D eigenvalue weighted by Crippen LogP contribution is -2.52. The first-order valence-corrected chi connectivity index (χ1v) is 13.4. The molecule has 8 nitrogen and oxygen atoms in total. The number of sulfonamides is 1. The number of nitrogens with one attached hydrogen (secondary N) is 2. The van der Waals surface area contributed by atoms with Crippen molar-refractivity contribution in [3.63, 3.8) is 0 Å². The molecular weight excluding hydrogens is 490 g/mol. The number of nitrogens with zero attached hydrogens (tertiary/aromatic N) is 1. The highest BCUT2D eigenvalue weighted by atomic mass is 32.2. The van der Waals surface area contributed by atoms with Crippen molar-refractivity contribution in [2.45, 2.75) is 30.7 Å². The molecule has 0 bridgehead atoms. The van der Waals surface area contributed by atoms with E-state index in [1.807, 2.05) is 42.5 Å². The lowest BCUT2D eigenvalue weighted by Gasteiger charge is -2.25. The summed E-state index contributed by atoms with van der Waals surface area (Å²) in [6.45, 7) is 2.37. The Morgan fingerprint density at radius 2 is 1.78 bits per heavy atom. The minimum absolute atomic E-state index is 0.0355. The molecule has 0 aliphatic carbocycles. The first-order valence-electron chi connectivity index (χ1n) is 11.9. The van der Waals surface area contributed by atoms with Crippen LogP contribution in [-0.2, 0) is 27.7 Å². The number of allylic oxidation sites excluding steroid dienone is 1. The fourth-order valence-electron chi connectivity index (χ4n) is 4.20. The minimum atomic E-state index is -4.19. The van der Waals surface area contributed by atoms with Crippen LogP contribution in [0.5, 0.6) is 5.75 Å². The summed E-state index contributed by atoms with van der Waals surface area (Å²) < 4.78 is 33.6. The van der Waals surface area contributed by atoms with Gasteiger partial charge in [-0.3, -0.25) is 4.79 Å². The number of fused-ring (bicyclic) bond motifs is 1. The van der Waals surface area contributed by atoms with Gasteiger partial charge in [0.2, 0.25) is 5.91 Å². The molecule has 0 radical (unpaired) electrons. The van der Waals surface area contributed by atoms with Gasteiger partial charge < -0.3 is 15.0 Å². The van der Waals surface area contributed by atoms with Crippen molar-refractivity contribution in [3.05, 3.63) is 95.6 Å². The number of carbonyl (C=O) groups is 2. The summed E-state index contributed by atoms with van der Waals surface area (Å²) in [7, 11) is -2.56. The third-order valence-corrected chi connectivity index (χ3v) is 7.46. The van der Waals surface area contributed by atoms with E-state index in [0.717, 1.165) is 23.3 Å². The fourth-order valence-corrected chi connectivity index (χ4v) is 5.32. The Morgan fingerprint density at radius 1 is 1.05 bits per heavy atom. The number of rotatable bonds is 8. The van der Waals surface area contributed by atoms with Gasteiger partial charge in [-0.15, -0.1) is 0 Å². The van der Waals surface area contributed by atoms with Crippen LogP contribution >= 0.6 is 0 Å². The average molecular weight is 520 g/mol. The second kappa shape index (κ2) is 11.3. The molecule has 3 amide bonds. The number of hydrogen-bond donors (Lipinski definition) is 2. The van der Waals surface area contributed by atoms with Gasteiger partial charge in [-0.05, 0) is 47.9 Å². The number of hydrogen-bond acceptors (Lipinski definition) is 5. The average Bonchev–Trinajstić information content (AvgIpc) is 3.36. The highest BCUT2D eigenvalue weighted by molar-refractivity contribution is 7.90. The Hall–Kier alpha value is -4.11. The molecule has 0 fully saturated rings. The summed E-state index contributed by atoms with van der Waals surface area (Å²) in [4.78, 5) is 27.9. The van der Waals surface area contributed by atoms with Gasteiger partial charge in [0, 0.05) is 25.6 Å². The number of carbonyl (C=O) groups excluding carboxylic acids is 2. The van der Waals surface area contributed by atoms with Crippen LogP contribution in [0.3, 0.4) is 0 Å². The lowest BCUT2D eigenvalue weighted by molar-refractivity contribution is -0.120. The maximum atomic E-state index is 13.6. The third-order valence-electron chi connectivity index (χ3n) is 6.06. The smallest absolute Gasteiger partial charge is 0.329 e. The number of benzene rings is 3. The van der Waals surface area contributed by atoms with E-state index in [1.165, 1.54) is 11.0 Å². The van der Waals surface area contributed by atoms with Crippen molar-refractivity contribution in [1.29, 1.82) is 0 Å². The van der Waals surface area contributed by atoms with E-state index >= 15 is 0 Å². The predicted molar refractivity (Wildman–Crippen MR) is 143 cm³/mol. The molecule has 1 heterocycles. The molecule has 9 heteroatoms. The van der Waals surface area contributed by atoms with Gasteiger partial charge in [-0.25, -0.2) is 17.9 Å². The van der Waals surface area contributed by atoms with Gasteiger partial charge in [0.1, 0.15) is 11.8 Å². The molecule has 1 aliphatic rings. The Morgan fingerprint density at radius 3 is 2.54 bits per heavy atom. The summed E-state index contributed by atoms with van der Waals surface area (Å²) in [6.07, 6.45) is 4.29. The van der Waals surface area contributed by atoms with Crippen LogP contribution in [0.15, 0.2) is 83.8 Å². The van der Waals surface area contributed by atoms with Crippen LogP contribution in [0, 0.1) is 0 Å². The molecular formula is C28H29N3O5S. The minimum Gasteiger partial charge on any atom is -0.493 e. The largest absolute Gasteiger partial charge is 0.493 e. The molecule has 0 saturated carbocycles. The van der Waals surface area contributed by atoms with Crippen molar-refractivity contribution >= 4 is 33.7 Å². The fraction of sp³-hybridized carbons (Fsp3) is 0.214. The van der Waals surface area contributed by atoms with Crippen LogP contribution in [0.4, 0.5) is 10.5 Å². The monoisotopic (exact) mass is 519 g/mol. The molecule has 0 saturated heterocycles. The zero-order chi connectivity index (χ0) is 26.4. The summed E-state index contributed by atoms with van der Waals surface area (Å²) in [6, 6.07) is 19.1. The first kappa shape index (κ1) is 26.0. The number of urea groups is 1. The van der Waals surface area contributed by atoms with E-state index in [2.05, 4.69) is 10.0 Å². The highest BCUT2D eigenvalue weighted by Gasteiger charge is 2.28. The second-order valence-electron chi connectivity index (χ2n) is 8.65. The molecule has 3 aromatic carbocycles. The van der Waals surface area contributed by atoms with Crippen LogP contribution in [-0.4, -0.2) is 40.1 Å². The Labute approximate surface area is 217 Å². The van der Waals surface area contributed by atoms with Crippen molar-refractivity contribution in [2.24, 2.45) is 0 Å². The van der Waals surface area contributed by atoms with Crippen LogP contribution in [0.1, 0.15) is 23.6 Å². The molecule has 3 aromatic rings. The number of likely N-dealkylation sites (N-methyl/N-ethyl adjacent to an activating group) is 1. The van der Waals surface area contributed by atoms with Crippen molar-refractivity contribution in [2.75, 3.05) is 18.6 Å². The molecule has 0 unspecified atom stereocenters. The molecule has 0 spiro atoms. The quantitative estimate of drug-likeness (QED) is 0.470. The zero-order valence-corrected chi connectivity index (χ0v) is 21.5. The lowest BCUT2D eigenvalue weighted by atomic mass is 10.0. The maximum absolute atomic E-state index is 13.6. The number of amides is 3. The van der Waals surface area contributed by atoms with Crippen molar-refractivity contribution in [3.8, 4) is 5.75 Å². The molecule has 4 rings (SSSR count). The molecule has 2 N–H and O–H groups in total. The molecule has 192 valence electrons. The van der Waals surface area contributed by atoms with Gasteiger partial charge in [0.05, 0.1) is 11.5 Å². The van der Waals surface area contributed by atoms with E-state index in [4.69, 9.17) is 4.74 Å². The van der Waals surface area contributed by atoms with Crippen molar-refractivity contribution < 1.29 is 22.7 Å². The van der Waals surface area contributed by atoms with E-state index in [-0.39, 0.29) is 17.2 Å². The summed E-state index contributed by atoms with van der Waals surface area (Å²) in [5.74, 6) is 0.413. The van der Waals surface area contributed by atoms with Gasteiger partial charge >= 0.3 is 6.03 Å². The number of ether oxygens (including phenoxy) is 1. The standard InChI is InChI=1S/C28H29N3O5S/c1-3-9-21-12-7-8-13-26(21)37(34,35)30-28(33)29-24(18-20-10-5-4-6-11-20)27(32)31(2)23-14-15-25-22(19-23)16-17-36-25/h3-15,19,24H,16-18H2,1-2H3,(H2,29,30,33)/b9-3-/t24-/m0/s1. The van der Waals surface area contributed by atoms with Crippen LogP contribution in [0.2, 0.25) is 0 Å². The van der Waals surface area contributed by atoms with Gasteiger partial charge in [-0.2, -0.15) is 0 Å². The van der Waals surface area contributed by atoms with E-state index in [9.17, 15) is 18.0 Å². The number of anilines is 1. The Balaban J connectivity index is 1.56. The van der Waals surface area contributed by atoms with Gasteiger partial charge in [0.15, 0.2) is 0 Å². The van der Waals surface area contributed by atoms with E-state index in [0.29, 0.717) is 17.9 Å². The molecule has 1 atom stereocenters. The van der Waals surface area contributed by atoms with Crippen LogP contribution < -0.4 is 19.7 Å². The van der Waals surface area contributed by atoms with Crippen molar-refractivity contribution in [1.82, 2.24) is 10.0 Å². The summed E-state index contributed by atoms with van der Waals surface area (Å²) in [5, 5.41) is 2.58. The van der Waals surface area contributed by atoms with Gasteiger partial charge in [0.25, 0.3) is 10.0 Å². The summed E-state index contributed by atoms with van der Waals surface area (Å²) in [5.41, 5.74) is 2.93. The highest BCUT2D eigenvalue weighted by Crippen LogP contribution is 2.29. The summed E-state index contributed by atoms with van der Waals surface area (Å²) >= 11 is 0. The molecule has 0 aromatic heterocycles. The molecule has 1 aliphatic heterocycles. The normalized spacial score (nSPS) is 13.5. The predicted octanol–water partition coefficient (Wildman–Crippen LogP) is 3.92. The Bertz CT molecular complexity index is 1420. The topological polar surface area (TPSA) is 105 Å². The first-order chi connectivity index (χ1) is 17.8. The molecule has 37 heavy (non-hydrogen) atoms. The van der Waals surface area contributed by atoms with E-state index in [1.54, 1.807) is 50.4 Å². The van der Waals surface area contributed by atoms with Crippen LogP contribution in [0.25, 0.3) is 6.08 Å². The third kappa shape index (κ3) is 6.18. The SMILES string of the molecule is C/C=C\c1ccccc1S(=O)(=O)NC(=O)N[C@@H](Cc1ccccc1)C(=O)N(C)c1ccc2c(c1)CCO2. The second-order valence-corrected chi connectivity index (χ2v) is 10.3. The zero-order valence-electron chi connectivity index (χ0n) is 20.7.